The van der Waals surface area contributed by atoms with Gasteiger partial charge in [0.15, 0.2) is 9.84 Å². The predicted octanol–water partition coefficient (Wildman–Crippen LogP) is 2.29. The van der Waals surface area contributed by atoms with Gasteiger partial charge in [-0.2, -0.15) is 0 Å². The summed E-state index contributed by atoms with van der Waals surface area (Å²) in [5.41, 5.74) is 0.610. The van der Waals surface area contributed by atoms with Gasteiger partial charge in [-0.3, -0.25) is 0 Å². The highest BCUT2D eigenvalue weighted by Gasteiger charge is 2.26. The van der Waals surface area contributed by atoms with Crippen molar-refractivity contribution >= 4 is 21.6 Å². The second-order valence-electron chi connectivity index (χ2n) is 6.59. The molecule has 1 atom stereocenters. The zero-order valence-corrected chi connectivity index (χ0v) is 15.5. The van der Waals surface area contributed by atoms with Gasteiger partial charge in [-0.25, -0.2) is 13.2 Å². The van der Waals surface area contributed by atoms with Crippen LogP contribution in [-0.4, -0.2) is 63.7 Å². The summed E-state index contributed by atoms with van der Waals surface area (Å²) in [7, 11) is -1.09. The third-order valence-electron chi connectivity index (χ3n) is 4.28. The number of hydrogen-bond donors (Lipinski definition) is 1. The smallest absolute Gasteiger partial charge is 0.321 e. The molecule has 0 saturated carbocycles. The van der Waals surface area contributed by atoms with E-state index >= 15 is 0 Å². The molecule has 134 valence electrons. The first-order valence-electron chi connectivity index (χ1n) is 8.34. The van der Waals surface area contributed by atoms with Crippen LogP contribution in [0.2, 0.25) is 0 Å². The molecule has 1 saturated heterocycles. The monoisotopic (exact) mass is 353 g/mol. The minimum Gasteiger partial charge on any atom is -0.324 e. The second kappa shape index (κ2) is 7.98. The van der Waals surface area contributed by atoms with Crippen LogP contribution in [0.4, 0.5) is 10.5 Å². The third-order valence-corrected chi connectivity index (χ3v) is 5.41. The van der Waals surface area contributed by atoms with E-state index in [1.54, 1.807) is 12.1 Å². The number of hydrogen-bond acceptors (Lipinski definition) is 4. The van der Waals surface area contributed by atoms with Crippen LogP contribution in [0.1, 0.15) is 19.8 Å². The summed E-state index contributed by atoms with van der Waals surface area (Å²) < 4.78 is 22.9. The molecule has 0 bridgehead atoms. The van der Waals surface area contributed by atoms with Gasteiger partial charge in [-0.15, -0.1) is 0 Å². The Bertz CT molecular complexity index is 658. The normalized spacial score (nSPS) is 18.2. The quantitative estimate of drug-likeness (QED) is 0.852. The molecule has 1 aromatic rings. The van der Waals surface area contributed by atoms with Crippen LogP contribution >= 0.6 is 0 Å². The molecule has 1 fully saturated rings. The Balaban J connectivity index is 1.87. The molecule has 0 unspecified atom stereocenters. The Morgan fingerprint density at radius 1 is 1.33 bits per heavy atom. The minimum atomic E-state index is -3.22. The van der Waals surface area contributed by atoms with Crippen LogP contribution in [0.15, 0.2) is 29.2 Å². The number of nitrogens with one attached hydrogen (secondary N) is 1. The lowest BCUT2D eigenvalue weighted by Gasteiger charge is -2.21. The molecule has 24 heavy (non-hydrogen) atoms. The summed E-state index contributed by atoms with van der Waals surface area (Å²) in [6.07, 6.45) is 3.33. The van der Waals surface area contributed by atoms with Gasteiger partial charge in [0, 0.05) is 31.6 Å². The summed E-state index contributed by atoms with van der Waals surface area (Å²) in [5.74, 6) is 0.514. The molecule has 0 spiro atoms. The standard InChI is InChI=1S/C17H27N3O3S/c1-4-10-19(2)12-14-9-11-20(13-14)17(21)18-15-5-7-16(8-6-15)24(3,22)23/h5-8,14H,4,9-13H2,1-3H3,(H,18,21)/t14-/m0/s1. The SMILES string of the molecule is CCCN(C)C[C@@H]1CCN(C(=O)Nc2ccc(S(C)(=O)=O)cc2)C1. The van der Waals surface area contributed by atoms with Crippen molar-refractivity contribution in [3.63, 3.8) is 0 Å². The average Bonchev–Trinajstić information content (AvgIpc) is 2.95. The third kappa shape index (κ3) is 5.21. The van der Waals surface area contributed by atoms with Gasteiger partial charge < -0.3 is 15.1 Å². The van der Waals surface area contributed by atoms with Crippen molar-refractivity contribution in [2.75, 3.05) is 44.8 Å². The molecule has 0 aromatic heterocycles. The molecule has 1 N–H and O–H groups in total. The number of carbonyl (C=O) groups excluding carboxylic acids is 1. The number of carbonyl (C=O) groups is 1. The van der Waals surface area contributed by atoms with E-state index in [0.29, 0.717) is 11.6 Å². The zero-order chi connectivity index (χ0) is 17.7. The molecule has 1 aliphatic heterocycles. The molecule has 2 amide bonds. The van der Waals surface area contributed by atoms with E-state index in [-0.39, 0.29) is 10.9 Å². The molecule has 2 rings (SSSR count). The van der Waals surface area contributed by atoms with Crippen LogP contribution in [0.25, 0.3) is 0 Å². The van der Waals surface area contributed by atoms with E-state index in [0.717, 1.165) is 39.0 Å². The van der Waals surface area contributed by atoms with Crippen molar-refractivity contribution < 1.29 is 13.2 Å². The molecule has 6 nitrogen and oxygen atoms in total. The Kier molecular flexibility index (Phi) is 6.23. The molecular weight excluding hydrogens is 326 g/mol. The molecule has 7 heteroatoms. The Hall–Kier alpha value is -1.60. The fourth-order valence-electron chi connectivity index (χ4n) is 3.07. The summed E-state index contributed by atoms with van der Waals surface area (Å²) in [4.78, 5) is 16.7. The van der Waals surface area contributed by atoms with Gasteiger partial charge in [0.1, 0.15) is 0 Å². The first kappa shape index (κ1) is 18.7. The number of urea groups is 1. The number of likely N-dealkylation sites (tertiary alicyclic amines) is 1. The molecule has 0 radical (unpaired) electrons. The van der Waals surface area contributed by atoms with Crippen molar-refractivity contribution in [3.05, 3.63) is 24.3 Å². The maximum atomic E-state index is 12.3. The minimum absolute atomic E-state index is 0.122. The predicted molar refractivity (Wildman–Crippen MR) is 96.0 cm³/mol. The second-order valence-corrected chi connectivity index (χ2v) is 8.61. The number of amides is 2. The van der Waals surface area contributed by atoms with E-state index in [2.05, 4.69) is 24.2 Å². The van der Waals surface area contributed by atoms with Gasteiger partial charge in [0.2, 0.25) is 0 Å². The summed E-state index contributed by atoms with van der Waals surface area (Å²) in [5, 5.41) is 2.84. The van der Waals surface area contributed by atoms with Gasteiger partial charge in [0.25, 0.3) is 0 Å². The van der Waals surface area contributed by atoms with E-state index in [1.807, 2.05) is 4.90 Å². The lowest BCUT2D eigenvalue weighted by atomic mass is 10.1. The molecular formula is C17H27N3O3S. The first-order valence-corrected chi connectivity index (χ1v) is 10.2. The van der Waals surface area contributed by atoms with E-state index in [4.69, 9.17) is 0 Å². The Morgan fingerprint density at radius 2 is 2.00 bits per heavy atom. The van der Waals surface area contributed by atoms with Gasteiger partial charge >= 0.3 is 6.03 Å². The van der Waals surface area contributed by atoms with Crippen LogP contribution < -0.4 is 5.32 Å². The molecule has 1 aromatic carbocycles. The number of sulfone groups is 1. The lowest BCUT2D eigenvalue weighted by molar-refractivity contribution is 0.217. The van der Waals surface area contributed by atoms with E-state index < -0.39 is 9.84 Å². The topological polar surface area (TPSA) is 69.7 Å². The van der Waals surface area contributed by atoms with Gasteiger partial charge in [-0.1, -0.05) is 6.92 Å². The average molecular weight is 353 g/mol. The highest BCUT2D eigenvalue weighted by Crippen LogP contribution is 2.19. The maximum absolute atomic E-state index is 12.3. The zero-order valence-electron chi connectivity index (χ0n) is 14.7. The largest absolute Gasteiger partial charge is 0.324 e. The fraction of sp³-hybridized carbons (Fsp3) is 0.588. The van der Waals surface area contributed by atoms with Crippen molar-refractivity contribution in [2.45, 2.75) is 24.7 Å². The summed E-state index contributed by atoms with van der Waals surface area (Å²) in [6.45, 7) is 5.79. The summed E-state index contributed by atoms with van der Waals surface area (Å²) >= 11 is 0. The number of nitrogens with zero attached hydrogens (tertiary/aromatic N) is 2. The van der Waals surface area contributed by atoms with Gasteiger partial charge in [-0.05, 0) is 56.6 Å². The number of rotatable bonds is 6. The fourth-order valence-corrected chi connectivity index (χ4v) is 3.70. The van der Waals surface area contributed by atoms with Crippen LogP contribution in [-0.2, 0) is 9.84 Å². The Morgan fingerprint density at radius 3 is 2.58 bits per heavy atom. The van der Waals surface area contributed by atoms with Crippen LogP contribution in [0.3, 0.4) is 0 Å². The maximum Gasteiger partial charge on any atom is 0.321 e. The highest BCUT2D eigenvalue weighted by molar-refractivity contribution is 7.90. The van der Waals surface area contributed by atoms with Crippen molar-refractivity contribution in [1.82, 2.24) is 9.80 Å². The number of benzene rings is 1. The molecule has 1 aliphatic rings. The Labute approximate surface area is 144 Å². The van der Waals surface area contributed by atoms with Crippen LogP contribution in [0.5, 0.6) is 0 Å². The molecule has 1 heterocycles. The number of anilines is 1. The van der Waals surface area contributed by atoms with Crippen molar-refractivity contribution in [1.29, 1.82) is 0 Å². The first-order chi connectivity index (χ1) is 11.3. The summed E-state index contributed by atoms with van der Waals surface area (Å²) in [6, 6.07) is 6.14. The lowest BCUT2D eigenvalue weighted by Crippen LogP contribution is -2.34. The van der Waals surface area contributed by atoms with E-state index in [1.165, 1.54) is 18.4 Å². The van der Waals surface area contributed by atoms with E-state index in [9.17, 15) is 13.2 Å². The molecule has 0 aliphatic carbocycles. The van der Waals surface area contributed by atoms with Crippen molar-refractivity contribution in [3.8, 4) is 0 Å². The highest BCUT2D eigenvalue weighted by atomic mass is 32.2. The van der Waals surface area contributed by atoms with Gasteiger partial charge in [0.05, 0.1) is 4.90 Å². The van der Waals surface area contributed by atoms with Crippen molar-refractivity contribution in [2.24, 2.45) is 5.92 Å². The van der Waals surface area contributed by atoms with Crippen LogP contribution in [0, 0.1) is 5.92 Å².